The molecule has 0 aromatic heterocycles. The summed E-state index contributed by atoms with van der Waals surface area (Å²) in [5.41, 5.74) is 1.19. The minimum absolute atomic E-state index is 0.0470. The maximum Gasteiger partial charge on any atom is 0.231 e. The van der Waals surface area contributed by atoms with Crippen molar-refractivity contribution in [3.8, 4) is 0 Å². The predicted octanol–water partition coefficient (Wildman–Crippen LogP) is 3.68. The standard InChI is InChI=1S/C14H20BrNO/c1-3-11(4-2)14(16-13(17)10-15)12-8-6-5-7-9-12/h5-9,11,14H,3-4,10H2,1-2H3,(H,16,17). The number of benzene rings is 1. The second kappa shape index (κ2) is 7.49. The molecule has 0 aliphatic heterocycles. The van der Waals surface area contributed by atoms with Crippen LogP contribution in [-0.4, -0.2) is 11.2 Å². The molecule has 0 bridgehead atoms. The highest BCUT2D eigenvalue weighted by Gasteiger charge is 2.21. The molecular weight excluding hydrogens is 278 g/mol. The van der Waals surface area contributed by atoms with Crippen LogP contribution in [0.15, 0.2) is 30.3 Å². The Morgan fingerprint density at radius 2 is 1.82 bits per heavy atom. The molecule has 1 N–H and O–H groups in total. The van der Waals surface area contributed by atoms with Crippen LogP contribution in [0.1, 0.15) is 38.3 Å². The average Bonchev–Trinajstić information content (AvgIpc) is 2.39. The van der Waals surface area contributed by atoms with Crippen LogP contribution >= 0.6 is 15.9 Å². The van der Waals surface area contributed by atoms with Crippen molar-refractivity contribution in [1.82, 2.24) is 5.32 Å². The summed E-state index contributed by atoms with van der Waals surface area (Å²) in [6.45, 7) is 4.34. The fourth-order valence-electron chi connectivity index (χ4n) is 2.11. The van der Waals surface area contributed by atoms with E-state index in [0.29, 0.717) is 11.2 Å². The van der Waals surface area contributed by atoms with Gasteiger partial charge in [0.25, 0.3) is 0 Å². The van der Waals surface area contributed by atoms with Gasteiger partial charge in [-0.1, -0.05) is 73.0 Å². The first kappa shape index (κ1) is 14.2. The van der Waals surface area contributed by atoms with E-state index in [9.17, 15) is 4.79 Å². The van der Waals surface area contributed by atoms with Crippen molar-refractivity contribution in [2.75, 3.05) is 5.33 Å². The summed E-state index contributed by atoms with van der Waals surface area (Å²) < 4.78 is 0. The molecular formula is C14H20BrNO. The zero-order valence-electron chi connectivity index (χ0n) is 10.4. The van der Waals surface area contributed by atoms with Crippen molar-refractivity contribution in [3.63, 3.8) is 0 Å². The molecule has 1 rings (SSSR count). The van der Waals surface area contributed by atoms with Gasteiger partial charge in [-0.2, -0.15) is 0 Å². The molecule has 1 aromatic rings. The van der Waals surface area contributed by atoms with Gasteiger partial charge >= 0.3 is 0 Å². The van der Waals surface area contributed by atoms with Gasteiger partial charge in [-0.3, -0.25) is 4.79 Å². The molecule has 1 atom stereocenters. The topological polar surface area (TPSA) is 29.1 Å². The molecule has 0 fully saturated rings. The lowest BCUT2D eigenvalue weighted by Gasteiger charge is -2.26. The van der Waals surface area contributed by atoms with Gasteiger partial charge in [0.15, 0.2) is 0 Å². The van der Waals surface area contributed by atoms with E-state index < -0.39 is 0 Å². The largest absolute Gasteiger partial charge is 0.348 e. The monoisotopic (exact) mass is 297 g/mol. The van der Waals surface area contributed by atoms with Crippen molar-refractivity contribution >= 4 is 21.8 Å². The number of carbonyl (C=O) groups is 1. The molecule has 0 radical (unpaired) electrons. The molecule has 1 amide bonds. The Bertz CT molecular complexity index is 335. The Labute approximate surface area is 112 Å². The average molecular weight is 298 g/mol. The van der Waals surface area contributed by atoms with Gasteiger partial charge in [0, 0.05) is 0 Å². The zero-order valence-corrected chi connectivity index (χ0v) is 12.0. The van der Waals surface area contributed by atoms with Crippen LogP contribution in [0.3, 0.4) is 0 Å². The maximum atomic E-state index is 11.6. The number of rotatable bonds is 6. The zero-order chi connectivity index (χ0) is 12.7. The molecule has 0 spiro atoms. The van der Waals surface area contributed by atoms with E-state index in [-0.39, 0.29) is 11.9 Å². The van der Waals surface area contributed by atoms with Gasteiger partial charge in [-0.15, -0.1) is 0 Å². The van der Waals surface area contributed by atoms with Crippen LogP contribution in [0, 0.1) is 5.92 Å². The first-order valence-electron chi connectivity index (χ1n) is 6.13. The van der Waals surface area contributed by atoms with Gasteiger partial charge < -0.3 is 5.32 Å². The maximum absolute atomic E-state index is 11.6. The predicted molar refractivity (Wildman–Crippen MR) is 75.2 cm³/mol. The summed E-state index contributed by atoms with van der Waals surface area (Å²) in [4.78, 5) is 11.6. The highest BCUT2D eigenvalue weighted by molar-refractivity contribution is 9.09. The molecule has 0 saturated heterocycles. The second-order valence-corrected chi connectivity index (χ2v) is 4.73. The lowest BCUT2D eigenvalue weighted by molar-refractivity contribution is -0.119. The molecule has 0 heterocycles. The van der Waals surface area contributed by atoms with Gasteiger partial charge in [0.2, 0.25) is 5.91 Å². The third-order valence-corrected chi connectivity index (χ3v) is 3.63. The Kier molecular flexibility index (Phi) is 6.27. The van der Waals surface area contributed by atoms with Crippen molar-refractivity contribution in [2.24, 2.45) is 5.92 Å². The fraction of sp³-hybridized carbons (Fsp3) is 0.500. The summed E-state index contributed by atoms with van der Waals surface area (Å²) in [6, 6.07) is 10.3. The van der Waals surface area contributed by atoms with Crippen LogP contribution < -0.4 is 5.32 Å². The fourth-order valence-corrected chi connectivity index (χ4v) is 2.27. The molecule has 2 nitrogen and oxygen atoms in total. The van der Waals surface area contributed by atoms with E-state index in [0.717, 1.165) is 12.8 Å². The second-order valence-electron chi connectivity index (χ2n) is 4.17. The Morgan fingerprint density at radius 3 is 2.29 bits per heavy atom. The minimum atomic E-state index is 0.0470. The van der Waals surface area contributed by atoms with Gasteiger partial charge in [0.05, 0.1) is 11.4 Å². The third kappa shape index (κ3) is 4.15. The van der Waals surface area contributed by atoms with Crippen molar-refractivity contribution in [3.05, 3.63) is 35.9 Å². The van der Waals surface area contributed by atoms with E-state index in [1.165, 1.54) is 5.56 Å². The van der Waals surface area contributed by atoms with Gasteiger partial charge in [0.1, 0.15) is 0 Å². The smallest absolute Gasteiger partial charge is 0.231 e. The number of amides is 1. The van der Waals surface area contributed by atoms with Crippen molar-refractivity contribution < 1.29 is 4.79 Å². The number of carbonyl (C=O) groups excluding carboxylic acids is 1. The van der Waals surface area contributed by atoms with Crippen LogP contribution in [0.4, 0.5) is 0 Å². The Morgan fingerprint density at radius 1 is 1.24 bits per heavy atom. The van der Waals surface area contributed by atoms with E-state index >= 15 is 0 Å². The normalized spacial score (nSPS) is 12.5. The number of hydrogen-bond donors (Lipinski definition) is 1. The summed E-state index contributed by atoms with van der Waals surface area (Å²) in [5, 5.41) is 3.46. The highest BCUT2D eigenvalue weighted by atomic mass is 79.9. The molecule has 17 heavy (non-hydrogen) atoms. The molecule has 0 aliphatic carbocycles. The number of hydrogen-bond acceptors (Lipinski definition) is 1. The Hall–Kier alpha value is -0.830. The van der Waals surface area contributed by atoms with Crippen molar-refractivity contribution in [1.29, 1.82) is 0 Å². The lowest BCUT2D eigenvalue weighted by atomic mass is 9.89. The number of nitrogens with one attached hydrogen (secondary N) is 1. The van der Waals surface area contributed by atoms with E-state index in [1.807, 2.05) is 18.2 Å². The van der Waals surface area contributed by atoms with Gasteiger partial charge in [-0.05, 0) is 11.5 Å². The van der Waals surface area contributed by atoms with Crippen LogP contribution in [-0.2, 0) is 4.79 Å². The molecule has 1 aromatic carbocycles. The van der Waals surface area contributed by atoms with Gasteiger partial charge in [-0.25, -0.2) is 0 Å². The Balaban J connectivity index is 2.89. The number of halogens is 1. The van der Waals surface area contributed by atoms with E-state index in [1.54, 1.807) is 0 Å². The lowest BCUT2D eigenvalue weighted by Crippen LogP contribution is -2.33. The van der Waals surface area contributed by atoms with Crippen LogP contribution in [0.2, 0.25) is 0 Å². The third-order valence-electron chi connectivity index (χ3n) is 3.12. The SMILES string of the molecule is CCC(CC)C(NC(=O)CBr)c1ccccc1. The molecule has 3 heteroatoms. The number of alkyl halides is 1. The molecule has 0 saturated carbocycles. The highest BCUT2D eigenvalue weighted by Crippen LogP contribution is 2.27. The van der Waals surface area contributed by atoms with E-state index in [2.05, 4.69) is 47.2 Å². The summed E-state index contributed by atoms with van der Waals surface area (Å²) in [7, 11) is 0. The minimum Gasteiger partial charge on any atom is -0.348 e. The summed E-state index contributed by atoms with van der Waals surface area (Å²) in [6.07, 6.45) is 2.14. The first-order valence-corrected chi connectivity index (χ1v) is 7.25. The van der Waals surface area contributed by atoms with Crippen LogP contribution in [0.5, 0.6) is 0 Å². The van der Waals surface area contributed by atoms with Crippen LogP contribution in [0.25, 0.3) is 0 Å². The summed E-state index contributed by atoms with van der Waals surface area (Å²) >= 11 is 3.20. The van der Waals surface area contributed by atoms with Crippen molar-refractivity contribution in [2.45, 2.75) is 32.7 Å². The molecule has 94 valence electrons. The quantitative estimate of drug-likeness (QED) is 0.798. The molecule has 1 unspecified atom stereocenters. The molecule has 0 aliphatic rings. The first-order chi connectivity index (χ1) is 8.22. The summed E-state index contributed by atoms with van der Waals surface area (Å²) in [5.74, 6) is 0.533. The van der Waals surface area contributed by atoms with E-state index in [4.69, 9.17) is 0 Å².